The average molecular weight is 301 g/mol. The summed E-state index contributed by atoms with van der Waals surface area (Å²) in [6, 6.07) is 13.9. The molecule has 0 aliphatic heterocycles. The maximum absolute atomic E-state index is 10.9. The maximum Gasteiger partial charge on any atom is 0.216 e. The molecule has 0 saturated heterocycles. The number of ether oxygens (including phenoxy) is 1. The number of rotatable bonds is 7. The predicted octanol–water partition coefficient (Wildman–Crippen LogP) is 3.57. The maximum atomic E-state index is 10.9. The quantitative estimate of drug-likeness (QED) is 0.627. The monoisotopic (exact) mass is 301 g/mol. The molecular formula is C17H19NO4. The number of nitrogens with zero attached hydrogens (tertiary/aromatic N) is 1. The van der Waals surface area contributed by atoms with E-state index in [1.54, 1.807) is 19.1 Å². The van der Waals surface area contributed by atoms with Crippen molar-refractivity contribution in [1.82, 2.24) is 0 Å². The van der Waals surface area contributed by atoms with Gasteiger partial charge in [0.2, 0.25) is 6.04 Å². The molecule has 0 bridgehead atoms. The van der Waals surface area contributed by atoms with Crippen LogP contribution >= 0.6 is 0 Å². The SMILES string of the molecule is CC[C@H](Cc1ccc(O)c(OCc2ccccc2)c1)[N+](=O)[O-]. The lowest BCUT2D eigenvalue weighted by Gasteiger charge is -2.11. The topological polar surface area (TPSA) is 72.6 Å². The summed E-state index contributed by atoms with van der Waals surface area (Å²) in [7, 11) is 0. The molecule has 1 atom stereocenters. The van der Waals surface area contributed by atoms with Crippen LogP contribution in [0.15, 0.2) is 48.5 Å². The van der Waals surface area contributed by atoms with Crippen LogP contribution in [0.5, 0.6) is 11.5 Å². The van der Waals surface area contributed by atoms with Crippen LogP contribution in [0.2, 0.25) is 0 Å². The fraction of sp³-hybridized carbons (Fsp3) is 0.294. The molecule has 0 radical (unpaired) electrons. The predicted molar refractivity (Wildman–Crippen MR) is 83.7 cm³/mol. The van der Waals surface area contributed by atoms with Crippen molar-refractivity contribution in [3.63, 3.8) is 0 Å². The molecule has 116 valence electrons. The first-order chi connectivity index (χ1) is 10.6. The molecule has 0 aliphatic carbocycles. The van der Waals surface area contributed by atoms with Crippen LogP contribution in [0.25, 0.3) is 0 Å². The number of phenols is 1. The van der Waals surface area contributed by atoms with Gasteiger partial charge < -0.3 is 9.84 Å². The first-order valence-corrected chi connectivity index (χ1v) is 7.22. The molecule has 1 N–H and O–H groups in total. The summed E-state index contributed by atoms with van der Waals surface area (Å²) in [5.74, 6) is 0.383. The third-order valence-corrected chi connectivity index (χ3v) is 3.50. The van der Waals surface area contributed by atoms with Crippen molar-refractivity contribution in [3.05, 3.63) is 69.8 Å². The Labute approximate surface area is 129 Å². The molecule has 22 heavy (non-hydrogen) atoms. The van der Waals surface area contributed by atoms with E-state index in [1.807, 2.05) is 30.3 Å². The van der Waals surface area contributed by atoms with E-state index in [4.69, 9.17) is 4.74 Å². The second kappa shape index (κ2) is 7.45. The first-order valence-electron chi connectivity index (χ1n) is 7.22. The van der Waals surface area contributed by atoms with Crippen LogP contribution in [-0.4, -0.2) is 16.1 Å². The first kappa shape index (κ1) is 15.8. The molecule has 0 spiro atoms. The molecule has 5 heteroatoms. The van der Waals surface area contributed by atoms with E-state index in [-0.39, 0.29) is 10.7 Å². The van der Waals surface area contributed by atoms with Gasteiger partial charge in [-0.05, 0) is 23.3 Å². The second-order valence-corrected chi connectivity index (χ2v) is 5.13. The van der Waals surface area contributed by atoms with E-state index >= 15 is 0 Å². The zero-order valence-corrected chi connectivity index (χ0v) is 12.4. The molecule has 0 aromatic heterocycles. The molecule has 0 aliphatic rings. The van der Waals surface area contributed by atoms with Gasteiger partial charge in [0.1, 0.15) is 6.61 Å². The third kappa shape index (κ3) is 4.22. The van der Waals surface area contributed by atoms with Gasteiger partial charge in [0.25, 0.3) is 0 Å². The highest BCUT2D eigenvalue weighted by Crippen LogP contribution is 2.28. The zero-order chi connectivity index (χ0) is 15.9. The third-order valence-electron chi connectivity index (χ3n) is 3.50. The van der Waals surface area contributed by atoms with Crippen molar-refractivity contribution < 1.29 is 14.8 Å². The molecule has 2 rings (SSSR count). The van der Waals surface area contributed by atoms with E-state index in [2.05, 4.69) is 0 Å². The van der Waals surface area contributed by atoms with Gasteiger partial charge in [0, 0.05) is 17.8 Å². The Morgan fingerprint density at radius 1 is 1.18 bits per heavy atom. The van der Waals surface area contributed by atoms with Crippen molar-refractivity contribution >= 4 is 0 Å². The van der Waals surface area contributed by atoms with Crippen molar-refractivity contribution in [2.75, 3.05) is 0 Å². The average Bonchev–Trinajstić information content (AvgIpc) is 2.53. The minimum absolute atomic E-state index is 0.0360. The van der Waals surface area contributed by atoms with Crippen molar-refractivity contribution in [1.29, 1.82) is 0 Å². The Morgan fingerprint density at radius 3 is 2.55 bits per heavy atom. The summed E-state index contributed by atoms with van der Waals surface area (Å²) < 4.78 is 5.62. The van der Waals surface area contributed by atoms with Crippen LogP contribution in [0.3, 0.4) is 0 Å². The van der Waals surface area contributed by atoms with Gasteiger partial charge in [0.15, 0.2) is 11.5 Å². The van der Waals surface area contributed by atoms with Gasteiger partial charge in [-0.15, -0.1) is 0 Å². The van der Waals surface area contributed by atoms with Gasteiger partial charge >= 0.3 is 0 Å². The van der Waals surface area contributed by atoms with Gasteiger partial charge in [0.05, 0.1) is 0 Å². The van der Waals surface area contributed by atoms with Gasteiger partial charge in [-0.1, -0.05) is 43.3 Å². The molecule has 0 amide bonds. The highest BCUT2D eigenvalue weighted by Gasteiger charge is 2.18. The normalized spacial score (nSPS) is 11.9. The summed E-state index contributed by atoms with van der Waals surface area (Å²) in [5.41, 5.74) is 1.77. The number of phenolic OH excluding ortho intramolecular Hbond substituents is 1. The minimum Gasteiger partial charge on any atom is -0.504 e. The van der Waals surface area contributed by atoms with Gasteiger partial charge in [-0.25, -0.2) is 0 Å². The molecule has 0 heterocycles. The Balaban J connectivity index is 2.08. The van der Waals surface area contributed by atoms with Crippen molar-refractivity contribution in [2.45, 2.75) is 32.4 Å². The van der Waals surface area contributed by atoms with Crippen LogP contribution in [0.1, 0.15) is 24.5 Å². The van der Waals surface area contributed by atoms with Crippen molar-refractivity contribution in [3.8, 4) is 11.5 Å². The summed E-state index contributed by atoms with van der Waals surface area (Å²) in [6.45, 7) is 2.13. The fourth-order valence-corrected chi connectivity index (χ4v) is 2.18. The molecule has 5 nitrogen and oxygen atoms in total. The summed E-state index contributed by atoms with van der Waals surface area (Å²) in [5, 5.41) is 20.8. The van der Waals surface area contributed by atoms with E-state index in [0.29, 0.717) is 25.2 Å². The summed E-state index contributed by atoms with van der Waals surface area (Å²) in [4.78, 5) is 10.7. The smallest absolute Gasteiger partial charge is 0.216 e. The number of nitro groups is 1. The van der Waals surface area contributed by atoms with E-state index in [0.717, 1.165) is 11.1 Å². The highest BCUT2D eigenvalue weighted by atomic mass is 16.6. The summed E-state index contributed by atoms with van der Waals surface area (Å²) >= 11 is 0. The molecular weight excluding hydrogens is 282 g/mol. The molecule has 0 saturated carbocycles. The van der Waals surface area contributed by atoms with Crippen LogP contribution < -0.4 is 4.74 Å². The number of hydrogen-bond donors (Lipinski definition) is 1. The number of hydrogen-bond acceptors (Lipinski definition) is 4. The lowest BCUT2D eigenvalue weighted by atomic mass is 10.0. The lowest BCUT2D eigenvalue weighted by Crippen LogP contribution is -2.21. The van der Waals surface area contributed by atoms with E-state index in [9.17, 15) is 15.2 Å². The van der Waals surface area contributed by atoms with E-state index in [1.165, 1.54) is 6.07 Å². The van der Waals surface area contributed by atoms with Gasteiger partial charge in [-0.2, -0.15) is 0 Å². The minimum atomic E-state index is -0.619. The van der Waals surface area contributed by atoms with E-state index < -0.39 is 6.04 Å². The zero-order valence-electron chi connectivity index (χ0n) is 12.4. The second-order valence-electron chi connectivity index (χ2n) is 5.13. The molecule has 2 aromatic rings. The van der Waals surface area contributed by atoms with Crippen LogP contribution in [-0.2, 0) is 13.0 Å². The summed E-state index contributed by atoms with van der Waals surface area (Å²) in [6.07, 6.45) is 0.791. The fourth-order valence-electron chi connectivity index (χ4n) is 2.18. The number of aromatic hydroxyl groups is 1. The Hall–Kier alpha value is -2.56. The highest BCUT2D eigenvalue weighted by molar-refractivity contribution is 5.42. The number of benzene rings is 2. The molecule has 2 aromatic carbocycles. The molecule has 0 fully saturated rings. The Kier molecular flexibility index (Phi) is 5.36. The Morgan fingerprint density at radius 2 is 1.91 bits per heavy atom. The molecule has 0 unspecified atom stereocenters. The lowest BCUT2D eigenvalue weighted by molar-refractivity contribution is -0.522. The largest absolute Gasteiger partial charge is 0.504 e. The standard InChI is InChI=1S/C17H19NO4/c1-2-15(18(20)21)10-14-8-9-16(19)17(11-14)22-12-13-6-4-3-5-7-13/h3-9,11,15,19H,2,10,12H2,1H3/t15-/m1/s1. The van der Waals surface area contributed by atoms with Crippen LogP contribution in [0, 0.1) is 10.1 Å². The van der Waals surface area contributed by atoms with Crippen molar-refractivity contribution in [2.24, 2.45) is 0 Å². The van der Waals surface area contributed by atoms with Crippen LogP contribution in [0.4, 0.5) is 0 Å². The Bertz CT molecular complexity index is 628. The van der Waals surface area contributed by atoms with Gasteiger partial charge in [-0.3, -0.25) is 10.1 Å².